The molecule has 22 heavy (non-hydrogen) atoms. The maximum Gasteiger partial charge on any atom is 0.183 e. The van der Waals surface area contributed by atoms with Gasteiger partial charge < -0.3 is 5.11 Å². The number of hydrogen-bond donors (Lipinski definition) is 1. The van der Waals surface area contributed by atoms with Crippen molar-refractivity contribution >= 4 is 16.7 Å². The topological polar surface area (TPSA) is 63.3 Å². The first-order valence-corrected chi connectivity index (χ1v) is 7.08. The highest BCUT2D eigenvalue weighted by atomic mass is 16.3. The van der Waals surface area contributed by atoms with Crippen LogP contribution in [0.3, 0.4) is 0 Å². The number of fused-ring (bicyclic) bond motifs is 3. The van der Waals surface area contributed by atoms with E-state index >= 15 is 0 Å². The smallest absolute Gasteiger partial charge is 0.183 e. The molecule has 0 saturated carbocycles. The maximum atomic E-state index is 9.40. The fraction of sp³-hybridized carbons (Fsp3) is 0.118. The predicted octanol–water partition coefficient (Wildman–Crippen LogP) is 2.75. The minimum Gasteiger partial charge on any atom is -0.392 e. The maximum absolute atomic E-state index is 9.40. The number of benzene rings is 2. The van der Waals surface area contributed by atoms with Crippen LogP contribution in [0, 0.1) is 6.92 Å². The lowest BCUT2D eigenvalue weighted by Gasteiger charge is -2.08. The van der Waals surface area contributed by atoms with Gasteiger partial charge in [0.1, 0.15) is 0 Å². The monoisotopic (exact) mass is 290 g/mol. The van der Waals surface area contributed by atoms with E-state index in [9.17, 15) is 5.11 Å². The van der Waals surface area contributed by atoms with Gasteiger partial charge in [-0.25, -0.2) is 4.98 Å². The molecule has 5 heteroatoms. The Morgan fingerprint density at radius 3 is 2.64 bits per heavy atom. The van der Waals surface area contributed by atoms with Gasteiger partial charge in [0.25, 0.3) is 0 Å². The summed E-state index contributed by atoms with van der Waals surface area (Å²) in [7, 11) is 0. The second-order valence-electron chi connectivity index (χ2n) is 5.23. The second-order valence-corrected chi connectivity index (χ2v) is 5.23. The molecule has 0 radical (unpaired) electrons. The second kappa shape index (κ2) is 4.89. The Balaban J connectivity index is 2.15. The van der Waals surface area contributed by atoms with E-state index in [2.05, 4.69) is 15.2 Å². The summed E-state index contributed by atoms with van der Waals surface area (Å²) in [5, 5.41) is 18.0. The van der Waals surface area contributed by atoms with Gasteiger partial charge in [-0.05, 0) is 24.6 Å². The molecule has 108 valence electrons. The van der Waals surface area contributed by atoms with Crippen LogP contribution in [0.15, 0.2) is 48.5 Å². The van der Waals surface area contributed by atoms with Crippen LogP contribution in [0.2, 0.25) is 0 Å². The molecule has 0 aliphatic heterocycles. The van der Waals surface area contributed by atoms with Crippen LogP contribution in [0.25, 0.3) is 28.1 Å². The van der Waals surface area contributed by atoms with E-state index in [0.717, 1.165) is 39.3 Å². The van der Waals surface area contributed by atoms with Gasteiger partial charge in [0.2, 0.25) is 0 Å². The molecule has 0 amide bonds. The molecule has 0 unspecified atom stereocenters. The van der Waals surface area contributed by atoms with Crippen molar-refractivity contribution in [2.45, 2.75) is 13.5 Å². The third-order valence-electron chi connectivity index (χ3n) is 3.77. The molecule has 2 aromatic heterocycles. The van der Waals surface area contributed by atoms with Gasteiger partial charge in [0.15, 0.2) is 11.5 Å². The van der Waals surface area contributed by atoms with E-state index in [0.29, 0.717) is 0 Å². The number of aryl methyl sites for hydroxylation is 1. The molecular formula is C17H14N4O. The van der Waals surface area contributed by atoms with Crippen molar-refractivity contribution in [3.05, 3.63) is 59.8 Å². The van der Waals surface area contributed by atoms with Gasteiger partial charge >= 0.3 is 0 Å². The molecule has 0 atom stereocenters. The molecule has 0 aliphatic carbocycles. The molecule has 0 fully saturated rings. The van der Waals surface area contributed by atoms with Crippen LogP contribution in [0.4, 0.5) is 0 Å². The van der Waals surface area contributed by atoms with Crippen LogP contribution in [-0.2, 0) is 6.61 Å². The highest BCUT2D eigenvalue weighted by Gasteiger charge is 2.14. The van der Waals surface area contributed by atoms with Crippen LogP contribution < -0.4 is 0 Å². The van der Waals surface area contributed by atoms with Crippen molar-refractivity contribution in [1.29, 1.82) is 0 Å². The largest absolute Gasteiger partial charge is 0.392 e. The number of aromatic nitrogens is 4. The highest BCUT2D eigenvalue weighted by molar-refractivity contribution is 5.81. The lowest BCUT2D eigenvalue weighted by atomic mass is 10.1. The number of aliphatic hydroxyl groups is 1. The summed E-state index contributed by atoms with van der Waals surface area (Å²) >= 11 is 0. The van der Waals surface area contributed by atoms with E-state index in [1.54, 1.807) is 0 Å². The van der Waals surface area contributed by atoms with Gasteiger partial charge in [-0.3, -0.25) is 4.40 Å². The fourth-order valence-electron chi connectivity index (χ4n) is 2.69. The molecule has 5 nitrogen and oxygen atoms in total. The van der Waals surface area contributed by atoms with Gasteiger partial charge in [-0.2, -0.15) is 0 Å². The Hall–Kier alpha value is -2.79. The predicted molar refractivity (Wildman–Crippen MR) is 84.4 cm³/mol. The molecule has 4 rings (SSSR count). The lowest BCUT2D eigenvalue weighted by molar-refractivity contribution is 0.282. The van der Waals surface area contributed by atoms with Crippen molar-refractivity contribution in [1.82, 2.24) is 19.6 Å². The number of aliphatic hydroxyl groups excluding tert-OH is 1. The van der Waals surface area contributed by atoms with E-state index in [-0.39, 0.29) is 6.61 Å². The standard InChI is InChI=1S/C17H14N4O/c1-11-16-19-20-17(13-5-3-2-4-6-13)21(16)15-9-12(10-22)7-8-14(15)18-11/h2-9,22H,10H2,1H3. The number of nitrogens with zero attached hydrogens (tertiary/aromatic N) is 4. The number of hydrogen-bond acceptors (Lipinski definition) is 4. The van der Waals surface area contributed by atoms with Crippen molar-refractivity contribution in [2.24, 2.45) is 0 Å². The summed E-state index contributed by atoms with van der Waals surface area (Å²) in [6, 6.07) is 15.7. The van der Waals surface area contributed by atoms with Gasteiger partial charge in [0, 0.05) is 5.56 Å². The van der Waals surface area contributed by atoms with Gasteiger partial charge in [-0.1, -0.05) is 36.4 Å². The minimum absolute atomic E-state index is 0.00585. The molecule has 0 saturated heterocycles. The first kappa shape index (κ1) is 12.9. The summed E-state index contributed by atoms with van der Waals surface area (Å²) in [6.45, 7) is 1.92. The minimum atomic E-state index is -0.00585. The summed E-state index contributed by atoms with van der Waals surface area (Å²) in [4.78, 5) is 4.58. The summed E-state index contributed by atoms with van der Waals surface area (Å²) in [5.74, 6) is 0.779. The molecule has 4 aromatic rings. The Bertz CT molecular complexity index is 976. The molecule has 0 spiro atoms. The van der Waals surface area contributed by atoms with Crippen molar-refractivity contribution in [3.8, 4) is 11.4 Å². The Morgan fingerprint density at radius 1 is 1.05 bits per heavy atom. The van der Waals surface area contributed by atoms with Crippen LogP contribution in [0.1, 0.15) is 11.3 Å². The normalized spacial score (nSPS) is 11.4. The molecule has 1 N–H and O–H groups in total. The SMILES string of the molecule is Cc1nc2ccc(CO)cc2n2c(-c3ccccc3)nnc12. The van der Waals surface area contributed by atoms with Crippen molar-refractivity contribution in [3.63, 3.8) is 0 Å². The third kappa shape index (κ3) is 1.87. The average molecular weight is 290 g/mol. The summed E-state index contributed by atoms with van der Waals surface area (Å²) in [5.41, 5.74) is 5.17. The molecule has 0 aliphatic rings. The third-order valence-corrected chi connectivity index (χ3v) is 3.77. The number of rotatable bonds is 2. The zero-order valence-corrected chi connectivity index (χ0v) is 12.1. The van der Waals surface area contributed by atoms with E-state index in [4.69, 9.17) is 0 Å². The fourth-order valence-corrected chi connectivity index (χ4v) is 2.69. The van der Waals surface area contributed by atoms with Crippen LogP contribution in [0.5, 0.6) is 0 Å². The van der Waals surface area contributed by atoms with Gasteiger partial charge in [-0.15, -0.1) is 10.2 Å². The van der Waals surface area contributed by atoms with Crippen molar-refractivity contribution in [2.75, 3.05) is 0 Å². The van der Waals surface area contributed by atoms with Crippen LogP contribution >= 0.6 is 0 Å². The van der Waals surface area contributed by atoms with E-state index in [1.807, 2.05) is 59.9 Å². The molecule has 0 bridgehead atoms. The molecule has 2 heterocycles. The van der Waals surface area contributed by atoms with Gasteiger partial charge in [0.05, 0.1) is 23.3 Å². The highest BCUT2D eigenvalue weighted by Crippen LogP contribution is 2.24. The first-order chi connectivity index (χ1) is 10.8. The molecular weight excluding hydrogens is 276 g/mol. The summed E-state index contributed by atoms with van der Waals surface area (Å²) in [6.07, 6.45) is 0. The average Bonchev–Trinajstić information content (AvgIpc) is 3.01. The summed E-state index contributed by atoms with van der Waals surface area (Å²) < 4.78 is 2.01. The lowest BCUT2D eigenvalue weighted by Crippen LogP contribution is -1.98. The Morgan fingerprint density at radius 2 is 1.86 bits per heavy atom. The Labute approximate surface area is 126 Å². The quantitative estimate of drug-likeness (QED) is 0.616. The zero-order valence-electron chi connectivity index (χ0n) is 12.1. The first-order valence-electron chi connectivity index (χ1n) is 7.08. The Kier molecular flexibility index (Phi) is 2.87. The molecule has 2 aromatic carbocycles. The van der Waals surface area contributed by atoms with E-state index in [1.165, 1.54) is 0 Å². The zero-order chi connectivity index (χ0) is 15.1. The van der Waals surface area contributed by atoms with Crippen molar-refractivity contribution < 1.29 is 5.11 Å². The van der Waals surface area contributed by atoms with E-state index < -0.39 is 0 Å². The van der Waals surface area contributed by atoms with Crippen LogP contribution in [-0.4, -0.2) is 24.7 Å².